The van der Waals surface area contributed by atoms with Crippen LogP contribution in [0.25, 0.3) is 0 Å². The highest BCUT2D eigenvalue weighted by Crippen LogP contribution is 2.39. The van der Waals surface area contributed by atoms with Crippen LogP contribution < -0.4 is 0 Å². The molecule has 2 nitrogen and oxygen atoms in total. The van der Waals surface area contributed by atoms with Crippen molar-refractivity contribution in [1.82, 2.24) is 4.90 Å². The number of thiol groups is 1. The molecule has 0 unspecified atom stereocenters. The first-order chi connectivity index (χ1) is 6.76. The standard InChI is InChI=1S/C11H23NOS/c1-2-12(7-8-13)9-11(10-14)5-3-4-6-11/h13-14H,2-10H2,1H3. The topological polar surface area (TPSA) is 23.5 Å². The second-order valence-corrected chi connectivity index (χ2v) is 4.77. The van der Waals surface area contributed by atoms with Crippen LogP contribution in [0.5, 0.6) is 0 Å². The minimum atomic E-state index is 0.274. The van der Waals surface area contributed by atoms with E-state index in [4.69, 9.17) is 5.11 Å². The van der Waals surface area contributed by atoms with Crippen molar-refractivity contribution in [3.8, 4) is 0 Å². The van der Waals surface area contributed by atoms with Crippen LogP contribution in [0.2, 0.25) is 0 Å². The van der Waals surface area contributed by atoms with Crippen LogP contribution in [0.3, 0.4) is 0 Å². The number of aliphatic hydroxyl groups is 1. The molecule has 1 fully saturated rings. The molecule has 0 aromatic carbocycles. The summed E-state index contributed by atoms with van der Waals surface area (Å²) in [5, 5.41) is 8.94. The van der Waals surface area contributed by atoms with E-state index in [0.717, 1.165) is 25.4 Å². The Morgan fingerprint density at radius 3 is 2.43 bits per heavy atom. The van der Waals surface area contributed by atoms with Gasteiger partial charge in [0.05, 0.1) is 6.61 Å². The van der Waals surface area contributed by atoms with E-state index in [1.807, 2.05) is 0 Å². The molecule has 14 heavy (non-hydrogen) atoms. The van der Waals surface area contributed by atoms with E-state index in [1.54, 1.807) is 0 Å². The highest BCUT2D eigenvalue weighted by Gasteiger charge is 2.33. The minimum Gasteiger partial charge on any atom is -0.395 e. The van der Waals surface area contributed by atoms with E-state index in [-0.39, 0.29) is 6.61 Å². The molecule has 1 saturated carbocycles. The molecule has 0 heterocycles. The van der Waals surface area contributed by atoms with Crippen LogP contribution in [0.1, 0.15) is 32.6 Å². The normalized spacial score (nSPS) is 20.6. The molecule has 0 aliphatic heterocycles. The zero-order valence-corrected chi connectivity index (χ0v) is 10.1. The van der Waals surface area contributed by atoms with E-state index >= 15 is 0 Å². The average molecular weight is 217 g/mol. The van der Waals surface area contributed by atoms with Gasteiger partial charge in [-0.1, -0.05) is 19.8 Å². The Kier molecular flexibility index (Phi) is 5.28. The van der Waals surface area contributed by atoms with Gasteiger partial charge in [-0.3, -0.25) is 0 Å². The number of aliphatic hydroxyl groups excluding tert-OH is 1. The molecule has 1 rings (SSSR count). The summed E-state index contributed by atoms with van der Waals surface area (Å²) in [5.41, 5.74) is 0.439. The third kappa shape index (κ3) is 3.14. The molecule has 0 radical (unpaired) electrons. The monoisotopic (exact) mass is 217 g/mol. The predicted octanol–water partition coefficient (Wildman–Crippen LogP) is 1.79. The Hall–Kier alpha value is 0.270. The summed E-state index contributed by atoms with van der Waals surface area (Å²) >= 11 is 4.49. The molecule has 0 aromatic rings. The third-order valence-corrected chi connectivity index (χ3v) is 4.09. The molecule has 0 aromatic heterocycles. The molecule has 0 spiro atoms. The second-order valence-electron chi connectivity index (χ2n) is 4.46. The fraction of sp³-hybridized carbons (Fsp3) is 1.00. The van der Waals surface area contributed by atoms with Gasteiger partial charge in [0, 0.05) is 13.1 Å². The van der Waals surface area contributed by atoms with Gasteiger partial charge in [0.25, 0.3) is 0 Å². The predicted molar refractivity (Wildman–Crippen MR) is 64.0 cm³/mol. The maximum absolute atomic E-state index is 8.94. The smallest absolute Gasteiger partial charge is 0.0558 e. The Morgan fingerprint density at radius 2 is 2.00 bits per heavy atom. The summed E-state index contributed by atoms with van der Waals surface area (Å²) in [5.74, 6) is 0.995. The number of rotatable bonds is 6. The molecule has 1 aliphatic carbocycles. The van der Waals surface area contributed by atoms with Crippen molar-refractivity contribution in [3.05, 3.63) is 0 Å². The van der Waals surface area contributed by atoms with Crippen molar-refractivity contribution in [1.29, 1.82) is 0 Å². The Morgan fingerprint density at radius 1 is 1.36 bits per heavy atom. The van der Waals surface area contributed by atoms with Crippen LogP contribution in [0, 0.1) is 5.41 Å². The first-order valence-electron chi connectivity index (χ1n) is 5.70. The summed E-state index contributed by atoms with van der Waals surface area (Å²) < 4.78 is 0. The molecular formula is C11H23NOS. The van der Waals surface area contributed by atoms with Gasteiger partial charge in [-0.05, 0) is 30.6 Å². The average Bonchev–Trinajstić information content (AvgIpc) is 2.66. The largest absolute Gasteiger partial charge is 0.395 e. The lowest BCUT2D eigenvalue weighted by molar-refractivity contribution is 0.145. The number of nitrogens with zero attached hydrogens (tertiary/aromatic N) is 1. The van der Waals surface area contributed by atoms with Crippen LogP contribution >= 0.6 is 12.6 Å². The third-order valence-electron chi connectivity index (χ3n) is 3.42. The fourth-order valence-corrected chi connectivity index (χ4v) is 2.87. The van der Waals surface area contributed by atoms with E-state index in [2.05, 4.69) is 24.5 Å². The van der Waals surface area contributed by atoms with Crippen LogP contribution in [0.4, 0.5) is 0 Å². The first-order valence-corrected chi connectivity index (χ1v) is 6.33. The van der Waals surface area contributed by atoms with Crippen molar-refractivity contribution in [2.75, 3.05) is 32.0 Å². The van der Waals surface area contributed by atoms with Gasteiger partial charge in [-0.15, -0.1) is 0 Å². The highest BCUT2D eigenvalue weighted by atomic mass is 32.1. The fourth-order valence-electron chi connectivity index (χ4n) is 2.46. The van der Waals surface area contributed by atoms with Crippen molar-refractivity contribution in [2.45, 2.75) is 32.6 Å². The van der Waals surface area contributed by atoms with Crippen LogP contribution in [-0.2, 0) is 0 Å². The van der Waals surface area contributed by atoms with Gasteiger partial charge in [0.15, 0.2) is 0 Å². The minimum absolute atomic E-state index is 0.274. The zero-order valence-electron chi connectivity index (χ0n) is 9.21. The lowest BCUT2D eigenvalue weighted by Crippen LogP contribution is -2.38. The van der Waals surface area contributed by atoms with Gasteiger partial charge < -0.3 is 10.0 Å². The Bertz CT molecular complexity index is 157. The summed E-state index contributed by atoms with van der Waals surface area (Å²) in [7, 11) is 0. The molecule has 0 saturated heterocycles. The zero-order chi connectivity index (χ0) is 10.4. The van der Waals surface area contributed by atoms with E-state index < -0.39 is 0 Å². The number of hydrogen-bond acceptors (Lipinski definition) is 3. The van der Waals surface area contributed by atoms with Crippen molar-refractivity contribution in [2.24, 2.45) is 5.41 Å². The number of likely N-dealkylation sites (N-methyl/N-ethyl adjacent to an activating group) is 1. The van der Waals surface area contributed by atoms with Crippen LogP contribution in [0.15, 0.2) is 0 Å². The molecular weight excluding hydrogens is 194 g/mol. The molecule has 0 amide bonds. The summed E-state index contributed by atoms with van der Waals surface area (Å²) in [6.45, 7) is 5.41. The molecule has 0 atom stereocenters. The summed E-state index contributed by atoms with van der Waals surface area (Å²) in [6.07, 6.45) is 5.35. The molecule has 0 bridgehead atoms. The van der Waals surface area contributed by atoms with Gasteiger partial charge >= 0.3 is 0 Å². The maximum Gasteiger partial charge on any atom is 0.0558 e. The molecule has 1 aliphatic rings. The van der Waals surface area contributed by atoms with Gasteiger partial charge in [0.1, 0.15) is 0 Å². The second kappa shape index (κ2) is 5.99. The number of hydrogen-bond donors (Lipinski definition) is 2. The summed E-state index contributed by atoms with van der Waals surface area (Å²) in [6, 6.07) is 0. The lowest BCUT2D eigenvalue weighted by atomic mass is 9.88. The van der Waals surface area contributed by atoms with Gasteiger partial charge in [-0.25, -0.2) is 0 Å². The molecule has 3 heteroatoms. The maximum atomic E-state index is 8.94. The van der Waals surface area contributed by atoms with Crippen molar-refractivity contribution < 1.29 is 5.11 Å². The van der Waals surface area contributed by atoms with E-state index in [9.17, 15) is 0 Å². The van der Waals surface area contributed by atoms with E-state index in [1.165, 1.54) is 25.7 Å². The van der Waals surface area contributed by atoms with Crippen LogP contribution in [-0.4, -0.2) is 42.0 Å². The van der Waals surface area contributed by atoms with Gasteiger partial charge in [0.2, 0.25) is 0 Å². The Labute approximate surface area is 93.1 Å². The highest BCUT2D eigenvalue weighted by molar-refractivity contribution is 7.80. The van der Waals surface area contributed by atoms with E-state index in [0.29, 0.717) is 5.41 Å². The molecule has 1 N–H and O–H groups in total. The first kappa shape index (κ1) is 12.3. The van der Waals surface area contributed by atoms with Crippen molar-refractivity contribution >= 4 is 12.6 Å². The lowest BCUT2D eigenvalue weighted by Gasteiger charge is -2.33. The SMILES string of the molecule is CCN(CCO)CC1(CS)CCCC1. The quantitative estimate of drug-likeness (QED) is 0.663. The molecule has 84 valence electrons. The van der Waals surface area contributed by atoms with Gasteiger partial charge in [-0.2, -0.15) is 12.6 Å². The Balaban J connectivity index is 2.44. The van der Waals surface area contributed by atoms with Crippen molar-refractivity contribution in [3.63, 3.8) is 0 Å². The summed E-state index contributed by atoms with van der Waals surface area (Å²) in [4.78, 5) is 2.35.